The molecule has 2 aromatic rings. The van der Waals surface area contributed by atoms with Gasteiger partial charge < -0.3 is 20.7 Å². The van der Waals surface area contributed by atoms with Crippen molar-refractivity contribution in [3.8, 4) is 5.75 Å². The Kier molecular flexibility index (Phi) is 6.27. The number of piperidine rings is 1. The van der Waals surface area contributed by atoms with Crippen LogP contribution in [0.25, 0.3) is 0 Å². The van der Waals surface area contributed by atoms with Crippen LogP contribution in [0.15, 0.2) is 52.3 Å². The molecule has 2 fully saturated rings. The molecule has 0 aromatic heterocycles. The maximum atomic E-state index is 14.1. The molecular weight excluding hydrogens is 421 g/mol. The van der Waals surface area contributed by atoms with Crippen molar-refractivity contribution in [2.24, 2.45) is 5.92 Å². The van der Waals surface area contributed by atoms with Crippen LogP contribution in [-0.4, -0.2) is 46.6 Å². The summed E-state index contributed by atoms with van der Waals surface area (Å²) in [6.45, 7) is 2.20. The number of halogens is 1. The van der Waals surface area contributed by atoms with E-state index in [2.05, 4.69) is 16.0 Å². The Balaban J connectivity index is 1.40. The van der Waals surface area contributed by atoms with Crippen molar-refractivity contribution in [2.45, 2.75) is 41.3 Å². The van der Waals surface area contributed by atoms with E-state index in [1.165, 1.54) is 31.4 Å². The lowest BCUT2D eigenvalue weighted by molar-refractivity contribution is -0.123. The smallest absolute Gasteiger partial charge is 0.237 e. The molecule has 166 valence electrons. The first-order valence-corrected chi connectivity index (χ1v) is 11.8. The summed E-state index contributed by atoms with van der Waals surface area (Å²) in [5, 5.41) is 9.69. The molecule has 31 heavy (non-hydrogen) atoms. The molecule has 3 unspecified atom stereocenters. The minimum Gasteiger partial charge on any atom is -0.497 e. The number of sulfone groups is 1. The predicted octanol–water partition coefficient (Wildman–Crippen LogP) is 1.62. The first-order chi connectivity index (χ1) is 14.9. The highest BCUT2D eigenvalue weighted by Gasteiger charge is 2.38. The second-order valence-corrected chi connectivity index (χ2v) is 9.89. The topological polar surface area (TPSA) is 96.5 Å². The molecule has 0 radical (unpaired) electrons. The molecule has 9 heteroatoms. The molecule has 4 rings (SSSR count). The third-order valence-electron chi connectivity index (χ3n) is 6.01. The Labute approximate surface area is 181 Å². The van der Waals surface area contributed by atoms with E-state index in [0.29, 0.717) is 18.5 Å². The SMILES string of the molecule is COc1ccc(F)c(S(=O)(=O)c2ccc(CNC(=O)C3CC4CNCCC4N3)cc2)c1. The van der Waals surface area contributed by atoms with Gasteiger partial charge in [0, 0.05) is 18.7 Å². The van der Waals surface area contributed by atoms with Gasteiger partial charge in [-0.1, -0.05) is 12.1 Å². The highest BCUT2D eigenvalue weighted by atomic mass is 32.2. The highest BCUT2D eigenvalue weighted by Crippen LogP contribution is 2.27. The number of rotatable bonds is 6. The molecule has 7 nitrogen and oxygen atoms in total. The molecule has 2 saturated heterocycles. The van der Waals surface area contributed by atoms with Crippen molar-refractivity contribution >= 4 is 15.7 Å². The zero-order valence-electron chi connectivity index (χ0n) is 17.2. The van der Waals surface area contributed by atoms with Crippen LogP contribution in [0, 0.1) is 11.7 Å². The number of amides is 1. The van der Waals surface area contributed by atoms with E-state index in [1.807, 2.05) is 0 Å². The van der Waals surface area contributed by atoms with Crippen LogP contribution in [-0.2, 0) is 21.2 Å². The molecule has 0 saturated carbocycles. The number of carbonyl (C=O) groups is 1. The van der Waals surface area contributed by atoms with E-state index in [4.69, 9.17) is 4.74 Å². The second kappa shape index (κ2) is 8.94. The van der Waals surface area contributed by atoms with Crippen LogP contribution < -0.4 is 20.7 Å². The van der Waals surface area contributed by atoms with Crippen molar-refractivity contribution < 1.29 is 22.3 Å². The summed E-state index contributed by atoms with van der Waals surface area (Å²) in [4.78, 5) is 12.1. The third-order valence-corrected chi connectivity index (χ3v) is 7.79. The number of carbonyl (C=O) groups excluding carboxylic acids is 1. The van der Waals surface area contributed by atoms with Crippen LogP contribution >= 0.6 is 0 Å². The number of hydrogen-bond acceptors (Lipinski definition) is 6. The Hall–Kier alpha value is -2.49. The fraction of sp³-hybridized carbons (Fsp3) is 0.409. The van der Waals surface area contributed by atoms with Crippen molar-refractivity contribution in [1.82, 2.24) is 16.0 Å². The lowest BCUT2D eigenvalue weighted by atomic mass is 9.94. The number of benzene rings is 2. The molecule has 0 spiro atoms. The molecule has 3 N–H and O–H groups in total. The molecule has 2 aliphatic heterocycles. The Morgan fingerprint density at radius 3 is 2.71 bits per heavy atom. The number of ether oxygens (including phenoxy) is 1. The fourth-order valence-electron chi connectivity index (χ4n) is 4.24. The number of hydrogen-bond donors (Lipinski definition) is 3. The highest BCUT2D eigenvalue weighted by molar-refractivity contribution is 7.91. The van der Waals surface area contributed by atoms with E-state index >= 15 is 0 Å². The van der Waals surface area contributed by atoms with Gasteiger partial charge in [0.1, 0.15) is 16.5 Å². The molecule has 2 aliphatic rings. The molecule has 3 atom stereocenters. The van der Waals surface area contributed by atoms with Gasteiger partial charge in [-0.3, -0.25) is 4.79 Å². The standard InChI is InChI=1S/C22H26FN3O4S/c1-30-16-4-7-18(23)21(11-16)31(28,29)17-5-2-14(3-6-17)12-25-22(27)20-10-15-13-24-9-8-19(15)26-20/h2-7,11,15,19-20,24,26H,8-10,12-13H2,1H3,(H,25,27). The van der Waals surface area contributed by atoms with Crippen LogP contribution in [0.3, 0.4) is 0 Å². The van der Waals surface area contributed by atoms with Gasteiger partial charge in [0.05, 0.1) is 18.0 Å². The van der Waals surface area contributed by atoms with Crippen molar-refractivity contribution in [1.29, 1.82) is 0 Å². The van der Waals surface area contributed by atoms with Crippen LogP contribution in [0.1, 0.15) is 18.4 Å². The number of nitrogens with one attached hydrogen (secondary N) is 3. The lowest BCUT2D eigenvalue weighted by Gasteiger charge is -2.25. The summed E-state index contributed by atoms with van der Waals surface area (Å²) < 4.78 is 44.8. The van der Waals surface area contributed by atoms with Gasteiger partial charge >= 0.3 is 0 Å². The largest absolute Gasteiger partial charge is 0.497 e. The van der Waals surface area contributed by atoms with Crippen molar-refractivity contribution in [2.75, 3.05) is 20.2 Å². The summed E-state index contributed by atoms with van der Waals surface area (Å²) in [7, 11) is -2.65. The average molecular weight is 448 g/mol. The quantitative estimate of drug-likeness (QED) is 0.623. The lowest BCUT2D eigenvalue weighted by Crippen LogP contribution is -2.45. The molecule has 2 aromatic carbocycles. The van der Waals surface area contributed by atoms with Gasteiger partial charge in [0.15, 0.2) is 0 Å². The molecule has 2 heterocycles. The van der Waals surface area contributed by atoms with Gasteiger partial charge in [-0.05, 0) is 61.7 Å². The van der Waals surface area contributed by atoms with Gasteiger partial charge in [-0.2, -0.15) is 0 Å². The van der Waals surface area contributed by atoms with E-state index in [1.54, 1.807) is 12.1 Å². The predicted molar refractivity (Wildman–Crippen MR) is 113 cm³/mol. The van der Waals surface area contributed by atoms with Crippen LogP contribution in [0.5, 0.6) is 5.75 Å². The summed E-state index contributed by atoms with van der Waals surface area (Å²) in [6, 6.07) is 9.87. The van der Waals surface area contributed by atoms with E-state index in [0.717, 1.165) is 37.6 Å². The molecule has 0 bridgehead atoms. The Morgan fingerprint density at radius 1 is 1.23 bits per heavy atom. The van der Waals surface area contributed by atoms with Gasteiger partial charge in [0.25, 0.3) is 0 Å². The minimum atomic E-state index is -4.03. The Morgan fingerprint density at radius 2 is 2.00 bits per heavy atom. The maximum absolute atomic E-state index is 14.1. The summed E-state index contributed by atoms with van der Waals surface area (Å²) in [5.41, 5.74) is 0.760. The first-order valence-electron chi connectivity index (χ1n) is 10.3. The monoisotopic (exact) mass is 447 g/mol. The summed E-state index contributed by atoms with van der Waals surface area (Å²) >= 11 is 0. The van der Waals surface area contributed by atoms with Crippen molar-refractivity contribution in [3.63, 3.8) is 0 Å². The van der Waals surface area contributed by atoms with E-state index in [9.17, 15) is 17.6 Å². The van der Waals surface area contributed by atoms with Gasteiger partial charge in [-0.15, -0.1) is 0 Å². The molecule has 0 aliphatic carbocycles. The van der Waals surface area contributed by atoms with Gasteiger partial charge in [-0.25, -0.2) is 12.8 Å². The van der Waals surface area contributed by atoms with Crippen molar-refractivity contribution in [3.05, 3.63) is 53.8 Å². The zero-order valence-corrected chi connectivity index (χ0v) is 18.0. The van der Waals surface area contributed by atoms with Gasteiger partial charge in [0.2, 0.25) is 15.7 Å². The number of fused-ring (bicyclic) bond motifs is 1. The minimum absolute atomic E-state index is 0.0243. The van der Waals surface area contributed by atoms with Crippen LogP contribution in [0.4, 0.5) is 4.39 Å². The average Bonchev–Trinajstić information content (AvgIpc) is 3.22. The second-order valence-electron chi connectivity index (χ2n) is 7.98. The number of methoxy groups -OCH3 is 1. The third kappa shape index (κ3) is 4.58. The maximum Gasteiger partial charge on any atom is 0.237 e. The summed E-state index contributed by atoms with van der Waals surface area (Å²) in [6.07, 6.45) is 1.84. The normalized spacial score (nSPS) is 23.2. The molecule has 1 amide bonds. The van der Waals surface area contributed by atoms with E-state index in [-0.39, 0.29) is 22.6 Å². The first kappa shape index (κ1) is 21.7. The van der Waals surface area contributed by atoms with E-state index < -0.39 is 20.5 Å². The fourth-order valence-corrected chi connectivity index (χ4v) is 5.59. The molecular formula is C22H26FN3O4S. The zero-order chi connectivity index (χ0) is 22.0. The van der Waals surface area contributed by atoms with Crippen LogP contribution in [0.2, 0.25) is 0 Å². The summed E-state index contributed by atoms with van der Waals surface area (Å²) in [5.74, 6) is -0.150. The Bertz CT molecular complexity index is 1040.